The number of benzene rings is 2. The smallest absolute Gasteiger partial charge is 0.274 e. The fraction of sp³-hybridized carbons (Fsp3) is 0.296. The SMILES string of the molecule is COc1cc(NC(=O)c2cccc(-c3ccc(C(=O)N4CCN(C)CC4)cc3)n2)cc(OC)c1OC. The first kappa shape index (κ1) is 25.0. The number of hydrogen-bond donors (Lipinski definition) is 1. The van der Waals surface area contributed by atoms with E-state index >= 15 is 0 Å². The zero-order chi connectivity index (χ0) is 25.7. The van der Waals surface area contributed by atoms with Gasteiger partial charge in [-0.05, 0) is 31.3 Å². The number of nitrogens with zero attached hydrogens (tertiary/aromatic N) is 3. The van der Waals surface area contributed by atoms with Gasteiger partial charge in [-0.3, -0.25) is 9.59 Å². The maximum Gasteiger partial charge on any atom is 0.274 e. The van der Waals surface area contributed by atoms with Crippen molar-refractivity contribution in [1.29, 1.82) is 0 Å². The fourth-order valence-electron chi connectivity index (χ4n) is 4.05. The van der Waals surface area contributed by atoms with Crippen LogP contribution in [-0.2, 0) is 0 Å². The van der Waals surface area contributed by atoms with E-state index in [9.17, 15) is 9.59 Å². The number of amides is 2. The van der Waals surface area contributed by atoms with Crippen LogP contribution in [0.15, 0.2) is 54.6 Å². The lowest BCUT2D eigenvalue weighted by Gasteiger charge is -2.32. The Morgan fingerprint density at radius 3 is 2.08 bits per heavy atom. The molecule has 4 rings (SSSR count). The molecule has 0 aliphatic carbocycles. The van der Waals surface area contributed by atoms with Crippen molar-refractivity contribution in [1.82, 2.24) is 14.8 Å². The highest BCUT2D eigenvalue weighted by Crippen LogP contribution is 2.40. The molecule has 1 aromatic heterocycles. The molecule has 9 nitrogen and oxygen atoms in total. The molecule has 2 amide bonds. The first-order chi connectivity index (χ1) is 17.4. The second kappa shape index (κ2) is 11.1. The molecule has 1 fully saturated rings. The van der Waals surface area contributed by atoms with Crippen LogP contribution < -0.4 is 19.5 Å². The molecule has 0 unspecified atom stereocenters. The summed E-state index contributed by atoms with van der Waals surface area (Å²) in [6.07, 6.45) is 0. The minimum atomic E-state index is -0.381. The molecular formula is C27H30N4O5. The van der Waals surface area contributed by atoms with Gasteiger partial charge in [0.2, 0.25) is 5.75 Å². The number of carbonyl (C=O) groups is 2. The quantitative estimate of drug-likeness (QED) is 0.543. The molecule has 1 aliphatic rings. The number of nitrogens with one attached hydrogen (secondary N) is 1. The Hall–Kier alpha value is -4.11. The first-order valence-corrected chi connectivity index (χ1v) is 11.6. The molecule has 1 N–H and O–H groups in total. The Bertz CT molecular complexity index is 1210. The number of carbonyl (C=O) groups excluding carboxylic acids is 2. The number of ether oxygens (including phenoxy) is 3. The first-order valence-electron chi connectivity index (χ1n) is 11.6. The van der Waals surface area contributed by atoms with Crippen LogP contribution >= 0.6 is 0 Å². The normalized spacial score (nSPS) is 13.7. The van der Waals surface area contributed by atoms with E-state index in [4.69, 9.17) is 14.2 Å². The number of aromatic nitrogens is 1. The molecule has 188 valence electrons. The highest BCUT2D eigenvalue weighted by Gasteiger charge is 2.20. The number of likely N-dealkylation sites (N-methyl/N-ethyl adjacent to an activating group) is 1. The Labute approximate surface area is 210 Å². The zero-order valence-corrected chi connectivity index (χ0v) is 20.9. The number of pyridine rings is 1. The van der Waals surface area contributed by atoms with Gasteiger partial charge < -0.3 is 29.3 Å². The molecule has 1 saturated heterocycles. The number of piperazine rings is 1. The highest BCUT2D eigenvalue weighted by atomic mass is 16.5. The minimum Gasteiger partial charge on any atom is -0.493 e. The van der Waals surface area contributed by atoms with Gasteiger partial charge in [0.25, 0.3) is 11.8 Å². The van der Waals surface area contributed by atoms with Gasteiger partial charge in [-0.2, -0.15) is 0 Å². The Morgan fingerprint density at radius 1 is 0.861 bits per heavy atom. The van der Waals surface area contributed by atoms with E-state index in [2.05, 4.69) is 22.2 Å². The van der Waals surface area contributed by atoms with Gasteiger partial charge in [-0.15, -0.1) is 0 Å². The predicted molar refractivity (Wildman–Crippen MR) is 137 cm³/mol. The van der Waals surface area contributed by atoms with E-state index in [0.29, 0.717) is 34.2 Å². The van der Waals surface area contributed by atoms with Gasteiger partial charge >= 0.3 is 0 Å². The topological polar surface area (TPSA) is 93.2 Å². The lowest BCUT2D eigenvalue weighted by Crippen LogP contribution is -2.47. The van der Waals surface area contributed by atoms with Gasteiger partial charge in [0.15, 0.2) is 11.5 Å². The molecule has 0 spiro atoms. The average Bonchev–Trinajstić information content (AvgIpc) is 2.92. The highest BCUT2D eigenvalue weighted by molar-refractivity contribution is 6.03. The fourth-order valence-corrected chi connectivity index (χ4v) is 4.05. The van der Waals surface area contributed by atoms with Crippen molar-refractivity contribution in [3.63, 3.8) is 0 Å². The van der Waals surface area contributed by atoms with Crippen LogP contribution in [0.3, 0.4) is 0 Å². The molecule has 2 aromatic carbocycles. The third-order valence-electron chi connectivity index (χ3n) is 6.12. The minimum absolute atomic E-state index is 0.0288. The maximum absolute atomic E-state index is 13.0. The summed E-state index contributed by atoms with van der Waals surface area (Å²) in [6.45, 7) is 3.20. The summed E-state index contributed by atoms with van der Waals surface area (Å²) in [5, 5.41) is 2.83. The lowest BCUT2D eigenvalue weighted by molar-refractivity contribution is 0.0664. The van der Waals surface area contributed by atoms with Crippen LogP contribution in [0.4, 0.5) is 5.69 Å². The van der Waals surface area contributed by atoms with E-state index in [1.54, 1.807) is 36.4 Å². The van der Waals surface area contributed by atoms with Crippen LogP contribution in [0.25, 0.3) is 11.3 Å². The summed E-state index contributed by atoms with van der Waals surface area (Å²) in [4.78, 5) is 34.4. The van der Waals surface area contributed by atoms with Gasteiger partial charge in [-0.25, -0.2) is 4.98 Å². The van der Waals surface area contributed by atoms with E-state index in [-0.39, 0.29) is 17.5 Å². The molecular weight excluding hydrogens is 460 g/mol. The Morgan fingerprint density at radius 2 is 1.50 bits per heavy atom. The van der Waals surface area contributed by atoms with Crippen LogP contribution in [0.5, 0.6) is 17.2 Å². The van der Waals surface area contributed by atoms with Crippen molar-refractivity contribution in [3.05, 3.63) is 65.9 Å². The van der Waals surface area contributed by atoms with Crippen LogP contribution in [0.1, 0.15) is 20.8 Å². The summed E-state index contributed by atoms with van der Waals surface area (Å²) in [6, 6.07) is 15.9. The number of methoxy groups -OCH3 is 3. The van der Waals surface area contributed by atoms with Gasteiger partial charge in [-0.1, -0.05) is 18.2 Å². The van der Waals surface area contributed by atoms with Gasteiger partial charge in [0.05, 0.1) is 27.0 Å². The maximum atomic E-state index is 13.0. The van der Waals surface area contributed by atoms with Crippen molar-refractivity contribution in [2.45, 2.75) is 0 Å². The standard InChI is InChI=1S/C27H30N4O5/c1-30-12-14-31(15-13-30)27(33)19-10-8-18(9-11-19)21-6-5-7-22(29-21)26(32)28-20-16-23(34-2)25(36-4)24(17-20)35-3/h5-11,16-17H,12-15H2,1-4H3,(H,28,32). The van der Waals surface area contributed by atoms with E-state index in [0.717, 1.165) is 31.7 Å². The van der Waals surface area contributed by atoms with Crippen molar-refractivity contribution in [2.75, 3.05) is 59.9 Å². The molecule has 1 aliphatic heterocycles. The third kappa shape index (κ3) is 5.41. The number of rotatable bonds is 7. The molecule has 0 saturated carbocycles. The van der Waals surface area contributed by atoms with Crippen molar-refractivity contribution < 1.29 is 23.8 Å². The molecule has 0 bridgehead atoms. The monoisotopic (exact) mass is 490 g/mol. The zero-order valence-electron chi connectivity index (χ0n) is 20.9. The van der Waals surface area contributed by atoms with Crippen LogP contribution in [0, 0.1) is 0 Å². The van der Waals surface area contributed by atoms with E-state index < -0.39 is 0 Å². The van der Waals surface area contributed by atoms with Crippen LogP contribution in [0.2, 0.25) is 0 Å². The Kier molecular flexibility index (Phi) is 7.70. The second-order valence-electron chi connectivity index (χ2n) is 8.45. The Balaban J connectivity index is 1.49. The summed E-state index contributed by atoms with van der Waals surface area (Å²) in [7, 11) is 6.60. The van der Waals surface area contributed by atoms with Gasteiger partial charge in [0, 0.05) is 55.1 Å². The molecule has 0 atom stereocenters. The molecule has 36 heavy (non-hydrogen) atoms. The second-order valence-corrected chi connectivity index (χ2v) is 8.45. The molecule has 0 radical (unpaired) electrons. The third-order valence-corrected chi connectivity index (χ3v) is 6.12. The summed E-state index contributed by atoms with van der Waals surface area (Å²) in [5.74, 6) is 0.946. The van der Waals surface area contributed by atoms with Crippen molar-refractivity contribution >= 4 is 17.5 Å². The molecule has 3 aromatic rings. The molecule has 2 heterocycles. The predicted octanol–water partition coefficient (Wildman–Crippen LogP) is 3.41. The summed E-state index contributed by atoms with van der Waals surface area (Å²) < 4.78 is 16.0. The van der Waals surface area contributed by atoms with E-state index in [1.165, 1.54) is 21.3 Å². The van der Waals surface area contributed by atoms with Gasteiger partial charge in [0.1, 0.15) is 5.69 Å². The van der Waals surface area contributed by atoms with Crippen molar-refractivity contribution in [2.24, 2.45) is 0 Å². The lowest BCUT2D eigenvalue weighted by atomic mass is 10.1. The van der Waals surface area contributed by atoms with Crippen molar-refractivity contribution in [3.8, 4) is 28.5 Å². The largest absolute Gasteiger partial charge is 0.493 e. The van der Waals surface area contributed by atoms with E-state index in [1.807, 2.05) is 23.1 Å². The number of hydrogen-bond acceptors (Lipinski definition) is 7. The van der Waals surface area contributed by atoms with Crippen LogP contribution in [-0.4, -0.2) is 81.2 Å². The summed E-state index contributed by atoms with van der Waals surface area (Å²) in [5.41, 5.74) is 2.81. The number of anilines is 1. The molecule has 9 heteroatoms. The average molecular weight is 491 g/mol. The summed E-state index contributed by atoms with van der Waals surface area (Å²) >= 11 is 0.